The molecule has 5 heteroatoms. The molecule has 0 unspecified atom stereocenters. The van der Waals surface area contributed by atoms with Crippen LogP contribution < -0.4 is 10.6 Å². The summed E-state index contributed by atoms with van der Waals surface area (Å²) in [6.45, 7) is 11.7. The second-order valence-corrected chi connectivity index (χ2v) is 5.22. The summed E-state index contributed by atoms with van der Waals surface area (Å²) in [5.41, 5.74) is 0. The molecular weight excluding hydrogens is 244 g/mol. The summed E-state index contributed by atoms with van der Waals surface area (Å²) < 4.78 is 5.13. The summed E-state index contributed by atoms with van der Waals surface area (Å²) in [7, 11) is 0. The molecule has 0 radical (unpaired) electrons. The van der Waals surface area contributed by atoms with E-state index >= 15 is 0 Å². The van der Waals surface area contributed by atoms with Gasteiger partial charge in [0.05, 0.1) is 6.10 Å². The maximum absolute atomic E-state index is 11.1. The van der Waals surface area contributed by atoms with Crippen LogP contribution in [0.25, 0.3) is 0 Å². The normalized spacial score (nSPS) is 9.84. The number of ether oxygens (including phenoxy) is 1. The zero-order valence-corrected chi connectivity index (χ0v) is 13.0. The van der Waals surface area contributed by atoms with Gasteiger partial charge in [0, 0.05) is 13.1 Å². The van der Waals surface area contributed by atoms with Crippen molar-refractivity contribution in [3.05, 3.63) is 0 Å². The Bertz CT molecular complexity index is 216. The molecule has 0 bridgehead atoms. The molecule has 0 spiro atoms. The van der Waals surface area contributed by atoms with Crippen molar-refractivity contribution in [2.45, 2.75) is 53.6 Å². The van der Waals surface area contributed by atoms with Gasteiger partial charge in [-0.3, -0.25) is 9.59 Å². The average Bonchev–Trinajstić information content (AvgIpc) is 2.30. The van der Waals surface area contributed by atoms with Gasteiger partial charge >= 0.3 is 0 Å². The summed E-state index contributed by atoms with van der Waals surface area (Å²) in [4.78, 5) is 21.0. The number of hydrogen-bond donors (Lipinski definition) is 2. The molecule has 19 heavy (non-hydrogen) atoms. The van der Waals surface area contributed by atoms with E-state index in [2.05, 4.69) is 31.4 Å². The Morgan fingerprint density at radius 3 is 2.11 bits per heavy atom. The lowest BCUT2D eigenvalue weighted by Crippen LogP contribution is -2.30. The second kappa shape index (κ2) is 15.0. The summed E-state index contributed by atoms with van der Waals surface area (Å²) in [6, 6.07) is 0. The van der Waals surface area contributed by atoms with Crippen LogP contribution >= 0.6 is 0 Å². The molecule has 0 rings (SSSR count). The zero-order valence-electron chi connectivity index (χ0n) is 13.0. The van der Waals surface area contributed by atoms with E-state index in [9.17, 15) is 9.59 Å². The monoisotopic (exact) mass is 274 g/mol. The van der Waals surface area contributed by atoms with Crippen molar-refractivity contribution in [1.29, 1.82) is 0 Å². The first-order valence-electron chi connectivity index (χ1n) is 6.95. The van der Waals surface area contributed by atoms with E-state index in [1.807, 2.05) is 13.8 Å². The van der Waals surface area contributed by atoms with E-state index < -0.39 is 0 Å². The van der Waals surface area contributed by atoms with Crippen LogP contribution in [0, 0.1) is 5.92 Å². The third-order valence-corrected chi connectivity index (χ3v) is 1.70. The van der Waals surface area contributed by atoms with Gasteiger partial charge in [-0.1, -0.05) is 20.8 Å². The number of carbonyl (C=O) groups is 2. The number of nitrogens with one attached hydrogen (secondary N) is 2. The lowest BCUT2D eigenvalue weighted by atomic mass is 10.3. The molecule has 0 aliphatic rings. The van der Waals surface area contributed by atoms with Crippen LogP contribution in [-0.4, -0.2) is 38.1 Å². The number of rotatable bonds is 9. The Kier molecular flexibility index (Phi) is 15.9. The molecule has 2 amide bonds. The molecule has 0 aliphatic heterocycles. The second-order valence-electron chi connectivity index (χ2n) is 5.22. The van der Waals surface area contributed by atoms with Crippen LogP contribution in [0.2, 0.25) is 0 Å². The van der Waals surface area contributed by atoms with E-state index in [1.54, 1.807) is 0 Å². The molecular formula is C14H30N2O3. The molecule has 114 valence electrons. The van der Waals surface area contributed by atoms with Gasteiger partial charge in [-0.15, -0.1) is 0 Å². The standard InChI is InChI=1S/C10H20N2O3.C4H10/c1-9(2)15-7-10(14)12-6-4-3-5-11-8-13;1-4(2)3/h8-9H,3-7H2,1-2H3,(H,11,13)(H,12,14);4H,1-3H3. The van der Waals surface area contributed by atoms with Gasteiger partial charge in [-0.25, -0.2) is 0 Å². The molecule has 0 aromatic carbocycles. The first kappa shape index (κ1) is 20.2. The number of carbonyl (C=O) groups excluding carboxylic acids is 2. The minimum atomic E-state index is -0.0907. The Morgan fingerprint density at radius 1 is 1.11 bits per heavy atom. The third kappa shape index (κ3) is 26.5. The molecule has 0 saturated heterocycles. The quantitative estimate of drug-likeness (QED) is 0.497. The fraction of sp³-hybridized carbons (Fsp3) is 0.857. The predicted octanol–water partition coefficient (Wildman–Crippen LogP) is 1.72. The summed E-state index contributed by atoms with van der Waals surface area (Å²) in [6.07, 6.45) is 2.47. The molecule has 0 fully saturated rings. The first-order valence-corrected chi connectivity index (χ1v) is 6.95. The first-order chi connectivity index (χ1) is 8.90. The molecule has 0 saturated carbocycles. The topological polar surface area (TPSA) is 67.4 Å². The number of hydrogen-bond acceptors (Lipinski definition) is 3. The lowest BCUT2D eigenvalue weighted by molar-refractivity contribution is -0.127. The van der Waals surface area contributed by atoms with Crippen LogP contribution in [0.1, 0.15) is 47.5 Å². The van der Waals surface area contributed by atoms with Crippen LogP contribution in [0.3, 0.4) is 0 Å². The fourth-order valence-electron chi connectivity index (χ4n) is 0.932. The average molecular weight is 274 g/mol. The van der Waals surface area contributed by atoms with Crippen LogP contribution in [0.4, 0.5) is 0 Å². The van der Waals surface area contributed by atoms with Gasteiger partial charge in [0.15, 0.2) is 0 Å². The number of amides is 2. The highest BCUT2D eigenvalue weighted by Crippen LogP contribution is 1.87. The maximum atomic E-state index is 11.1. The van der Waals surface area contributed by atoms with Gasteiger partial charge in [0.2, 0.25) is 12.3 Å². The van der Waals surface area contributed by atoms with E-state index in [4.69, 9.17) is 4.74 Å². The van der Waals surface area contributed by atoms with Crippen LogP contribution in [0.5, 0.6) is 0 Å². The SMILES string of the molecule is CC(C)C.CC(C)OCC(=O)NCCCCNC=O. The van der Waals surface area contributed by atoms with Gasteiger partial charge < -0.3 is 15.4 Å². The highest BCUT2D eigenvalue weighted by molar-refractivity contribution is 5.77. The molecule has 5 nitrogen and oxygen atoms in total. The lowest BCUT2D eigenvalue weighted by Gasteiger charge is -2.08. The molecule has 0 heterocycles. The van der Waals surface area contributed by atoms with E-state index in [-0.39, 0.29) is 18.6 Å². The summed E-state index contributed by atoms with van der Waals surface area (Å²) in [5.74, 6) is 0.743. The van der Waals surface area contributed by atoms with Crippen molar-refractivity contribution in [3.63, 3.8) is 0 Å². The molecule has 0 aromatic rings. The minimum absolute atomic E-state index is 0.0764. The van der Waals surface area contributed by atoms with Crippen LogP contribution in [-0.2, 0) is 14.3 Å². The summed E-state index contributed by atoms with van der Waals surface area (Å²) in [5, 5.41) is 5.29. The Morgan fingerprint density at radius 2 is 1.63 bits per heavy atom. The molecule has 0 aromatic heterocycles. The minimum Gasteiger partial charge on any atom is -0.369 e. The highest BCUT2D eigenvalue weighted by Gasteiger charge is 2.01. The zero-order chi connectivity index (χ0) is 15.1. The van der Waals surface area contributed by atoms with Crippen molar-refractivity contribution < 1.29 is 14.3 Å². The fourth-order valence-corrected chi connectivity index (χ4v) is 0.932. The van der Waals surface area contributed by atoms with Crippen LogP contribution in [0.15, 0.2) is 0 Å². The Hall–Kier alpha value is -1.10. The largest absolute Gasteiger partial charge is 0.369 e. The van der Waals surface area contributed by atoms with E-state index in [0.29, 0.717) is 19.5 Å². The van der Waals surface area contributed by atoms with E-state index in [1.165, 1.54) is 0 Å². The van der Waals surface area contributed by atoms with Gasteiger partial charge in [-0.2, -0.15) is 0 Å². The highest BCUT2D eigenvalue weighted by atomic mass is 16.5. The van der Waals surface area contributed by atoms with Crippen molar-refractivity contribution in [2.75, 3.05) is 19.7 Å². The Labute approximate surface area is 117 Å². The van der Waals surface area contributed by atoms with E-state index in [0.717, 1.165) is 18.8 Å². The van der Waals surface area contributed by atoms with Crippen molar-refractivity contribution in [2.24, 2.45) is 5.92 Å². The molecule has 0 atom stereocenters. The van der Waals surface area contributed by atoms with Gasteiger partial charge in [0.25, 0.3) is 0 Å². The van der Waals surface area contributed by atoms with Crippen molar-refractivity contribution >= 4 is 12.3 Å². The van der Waals surface area contributed by atoms with Crippen molar-refractivity contribution in [1.82, 2.24) is 10.6 Å². The Balaban J connectivity index is 0. The van der Waals surface area contributed by atoms with Crippen molar-refractivity contribution in [3.8, 4) is 0 Å². The van der Waals surface area contributed by atoms with Gasteiger partial charge in [0.1, 0.15) is 6.61 Å². The summed E-state index contributed by atoms with van der Waals surface area (Å²) >= 11 is 0. The molecule has 0 aliphatic carbocycles. The molecule has 2 N–H and O–H groups in total. The third-order valence-electron chi connectivity index (χ3n) is 1.70. The van der Waals surface area contributed by atoms with Gasteiger partial charge in [-0.05, 0) is 32.6 Å². The smallest absolute Gasteiger partial charge is 0.246 e. The predicted molar refractivity (Wildman–Crippen MR) is 77.9 cm³/mol. The maximum Gasteiger partial charge on any atom is 0.246 e. The number of unbranched alkanes of at least 4 members (excludes halogenated alkanes) is 1.